The lowest BCUT2D eigenvalue weighted by Gasteiger charge is -2.17. The number of nitrogens with one attached hydrogen (secondary N) is 1. The van der Waals surface area contributed by atoms with Crippen LogP contribution < -0.4 is 5.32 Å². The van der Waals surface area contributed by atoms with E-state index in [1.165, 1.54) is 4.90 Å². The first-order chi connectivity index (χ1) is 8.88. The smallest absolute Gasteiger partial charge is 0.287 e. The molecular weight excluding hydrogens is 356 g/mol. The number of benzene rings is 1. The van der Waals surface area contributed by atoms with Crippen molar-refractivity contribution < 1.29 is 14.1 Å². The van der Waals surface area contributed by atoms with Crippen LogP contribution in [-0.2, 0) is 0 Å². The summed E-state index contributed by atoms with van der Waals surface area (Å²) in [5, 5.41) is 13.6. The predicted octanol–water partition coefficient (Wildman–Crippen LogP) is 2.21. The van der Waals surface area contributed by atoms with Gasteiger partial charge in [-0.05, 0) is 29.0 Å². The Morgan fingerprint density at radius 1 is 1.55 bits per heavy atom. The first-order valence-electron chi connectivity index (χ1n) is 5.42. The minimum atomic E-state index is -0.819. The molecule has 1 N–H and O–H groups in total. The molecule has 0 bridgehead atoms. The number of likely N-dealkylation sites (N-methyl/N-ethyl adjacent to an activating group) is 2. The number of hydrogen-bond acceptors (Lipinski definition) is 4. The van der Waals surface area contributed by atoms with E-state index in [0.717, 1.165) is 12.1 Å². The Bertz CT molecular complexity index is 516. The molecule has 20 heavy (non-hydrogen) atoms. The van der Waals surface area contributed by atoms with Gasteiger partial charge in [0.15, 0.2) is 0 Å². The second kappa shape index (κ2) is 8.13. The average Bonchev–Trinajstić information content (AvgIpc) is 2.37. The van der Waals surface area contributed by atoms with Crippen LogP contribution in [0.15, 0.2) is 16.6 Å². The van der Waals surface area contributed by atoms with Crippen LogP contribution in [0.2, 0.25) is 0 Å². The van der Waals surface area contributed by atoms with Crippen LogP contribution in [0.25, 0.3) is 0 Å². The molecule has 1 amide bonds. The second-order valence-corrected chi connectivity index (χ2v) is 4.67. The summed E-state index contributed by atoms with van der Waals surface area (Å²) in [5.74, 6) is -1.30. The molecule has 0 saturated heterocycles. The third-order valence-corrected chi connectivity index (χ3v) is 3.32. The van der Waals surface area contributed by atoms with Crippen molar-refractivity contribution in [3.8, 4) is 0 Å². The molecule has 0 atom stereocenters. The fraction of sp³-hybridized carbons (Fsp3) is 0.364. The summed E-state index contributed by atoms with van der Waals surface area (Å²) in [6.45, 7) is 0.976. The van der Waals surface area contributed by atoms with Gasteiger partial charge in [-0.25, -0.2) is 4.39 Å². The monoisotopic (exact) mass is 369 g/mol. The van der Waals surface area contributed by atoms with Crippen LogP contribution in [0.1, 0.15) is 10.4 Å². The van der Waals surface area contributed by atoms with Crippen molar-refractivity contribution in [3.05, 3.63) is 38.1 Å². The summed E-state index contributed by atoms with van der Waals surface area (Å²) < 4.78 is 13.3. The summed E-state index contributed by atoms with van der Waals surface area (Å²) in [5.41, 5.74) is -0.532. The third kappa shape index (κ3) is 4.39. The van der Waals surface area contributed by atoms with E-state index in [2.05, 4.69) is 21.2 Å². The molecule has 0 saturated carbocycles. The highest BCUT2D eigenvalue weighted by atomic mass is 79.9. The van der Waals surface area contributed by atoms with Gasteiger partial charge < -0.3 is 10.2 Å². The predicted molar refractivity (Wildman–Crippen MR) is 78.9 cm³/mol. The Labute approximate surface area is 130 Å². The molecule has 0 radical (unpaired) electrons. The van der Waals surface area contributed by atoms with E-state index in [1.807, 2.05) is 0 Å². The second-order valence-electron chi connectivity index (χ2n) is 3.87. The Kier molecular flexibility index (Phi) is 7.62. The molecule has 6 nitrogen and oxygen atoms in total. The van der Waals surface area contributed by atoms with Gasteiger partial charge in [0.05, 0.1) is 16.6 Å². The summed E-state index contributed by atoms with van der Waals surface area (Å²) in [6.07, 6.45) is 0. The molecule has 1 aromatic rings. The lowest BCUT2D eigenvalue weighted by molar-refractivity contribution is -0.385. The summed E-state index contributed by atoms with van der Waals surface area (Å²) in [6, 6.07) is 1.75. The number of nitro groups is 1. The van der Waals surface area contributed by atoms with Gasteiger partial charge in [0.25, 0.3) is 11.6 Å². The lowest BCUT2D eigenvalue weighted by Crippen LogP contribution is -2.33. The van der Waals surface area contributed by atoms with Gasteiger partial charge in [0, 0.05) is 20.1 Å². The zero-order valence-electron chi connectivity index (χ0n) is 10.9. The Balaban J connectivity index is 0.00000361. The first-order valence-corrected chi connectivity index (χ1v) is 6.21. The quantitative estimate of drug-likeness (QED) is 0.637. The normalized spacial score (nSPS) is 9.80. The Hall–Kier alpha value is -1.25. The van der Waals surface area contributed by atoms with Crippen LogP contribution in [0.5, 0.6) is 0 Å². The molecule has 0 unspecified atom stereocenters. The molecular formula is C11H14BrClFN3O3. The van der Waals surface area contributed by atoms with Gasteiger partial charge in [-0.2, -0.15) is 0 Å². The topological polar surface area (TPSA) is 75.5 Å². The van der Waals surface area contributed by atoms with E-state index >= 15 is 0 Å². The molecule has 1 aromatic carbocycles. The molecule has 0 aliphatic heterocycles. The third-order valence-electron chi connectivity index (χ3n) is 2.49. The number of hydrogen-bond donors (Lipinski definition) is 1. The van der Waals surface area contributed by atoms with E-state index in [1.54, 1.807) is 14.1 Å². The zero-order valence-corrected chi connectivity index (χ0v) is 13.3. The number of nitrogens with zero attached hydrogens (tertiary/aromatic N) is 2. The number of halogens is 3. The minimum absolute atomic E-state index is 0. The average molecular weight is 371 g/mol. The van der Waals surface area contributed by atoms with E-state index in [0.29, 0.717) is 13.1 Å². The fourth-order valence-electron chi connectivity index (χ4n) is 1.45. The first kappa shape index (κ1) is 18.8. The fourth-order valence-corrected chi connectivity index (χ4v) is 1.99. The van der Waals surface area contributed by atoms with Crippen LogP contribution >= 0.6 is 28.3 Å². The van der Waals surface area contributed by atoms with E-state index in [-0.39, 0.29) is 22.4 Å². The van der Waals surface area contributed by atoms with Crippen molar-refractivity contribution in [3.63, 3.8) is 0 Å². The molecule has 0 spiro atoms. The van der Waals surface area contributed by atoms with Crippen molar-refractivity contribution in [2.45, 2.75) is 0 Å². The number of carbonyl (C=O) groups is 1. The zero-order chi connectivity index (χ0) is 14.6. The highest BCUT2D eigenvalue weighted by molar-refractivity contribution is 9.10. The van der Waals surface area contributed by atoms with Crippen molar-refractivity contribution in [2.24, 2.45) is 0 Å². The molecule has 9 heteroatoms. The van der Waals surface area contributed by atoms with Crippen LogP contribution in [0, 0.1) is 15.9 Å². The van der Waals surface area contributed by atoms with E-state index < -0.39 is 22.3 Å². The summed E-state index contributed by atoms with van der Waals surface area (Å²) in [4.78, 5) is 23.5. The lowest BCUT2D eigenvalue weighted by atomic mass is 10.1. The van der Waals surface area contributed by atoms with E-state index in [9.17, 15) is 19.3 Å². The molecule has 1 rings (SSSR count). The largest absolute Gasteiger partial charge is 0.340 e. The molecule has 0 aliphatic carbocycles. The van der Waals surface area contributed by atoms with Gasteiger partial charge in [0.1, 0.15) is 10.3 Å². The molecule has 0 fully saturated rings. The number of nitro benzene ring substituents is 1. The van der Waals surface area contributed by atoms with Crippen molar-refractivity contribution in [1.82, 2.24) is 10.2 Å². The van der Waals surface area contributed by atoms with Crippen molar-refractivity contribution in [2.75, 3.05) is 27.2 Å². The summed E-state index contributed by atoms with van der Waals surface area (Å²) >= 11 is 2.98. The maximum absolute atomic E-state index is 13.3. The molecule has 0 aromatic heterocycles. The number of amides is 1. The van der Waals surface area contributed by atoms with Gasteiger partial charge in [0.2, 0.25) is 0 Å². The summed E-state index contributed by atoms with van der Waals surface area (Å²) in [7, 11) is 3.28. The van der Waals surface area contributed by atoms with Crippen molar-refractivity contribution in [1.29, 1.82) is 0 Å². The highest BCUT2D eigenvalue weighted by Gasteiger charge is 2.23. The minimum Gasteiger partial charge on any atom is -0.340 e. The van der Waals surface area contributed by atoms with Crippen LogP contribution in [-0.4, -0.2) is 42.9 Å². The van der Waals surface area contributed by atoms with Gasteiger partial charge in [-0.3, -0.25) is 14.9 Å². The highest BCUT2D eigenvalue weighted by Crippen LogP contribution is 2.30. The van der Waals surface area contributed by atoms with Crippen molar-refractivity contribution >= 4 is 39.9 Å². The van der Waals surface area contributed by atoms with Gasteiger partial charge in [-0.1, -0.05) is 0 Å². The van der Waals surface area contributed by atoms with Crippen LogP contribution in [0.4, 0.5) is 10.1 Å². The molecule has 0 heterocycles. The Morgan fingerprint density at radius 2 is 2.15 bits per heavy atom. The van der Waals surface area contributed by atoms with Crippen LogP contribution in [0.3, 0.4) is 0 Å². The maximum Gasteiger partial charge on any atom is 0.287 e. The SMILES string of the molecule is CNCCN(C)C(=O)c1cc(F)cc([N+](=O)[O-])c1Br.Cl. The van der Waals surface area contributed by atoms with Gasteiger partial charge >= 0.3 is 0 Å². The maximum atomic E-state index is 13.3. The Morgan fingerprint density at radius 3 is 2.65 bits per heavy atom. The number of rotatable bonds is 5. The molecule has 0 aliphatic rings. The van der Waals surface area contributed by atoms with Gasteiger partial charge in [-0.15, -0.1) is 12.4 Å². The standard InChI is InChI=1S/C11H13BrFN3O3.ClH/c1-14-3-4-15(2)11(17)8-5-7(13)6-9(10(8)12)16(18)19;/h5-6,14H,3-4H2,1-2H3;1H. The number of carbonyl (C=O) groups excluding carboxylic acids is 1. The molecule has 112 valence electrons. The van der Waals surface area contributed by atoms with E-state index in [4.69, 9.17) is 0 Å².